The number of hydrazine groups is 2. The van der Waals surface area contributed by atoms with Gasteiger partial charge in [0.1, 0.15) is 0 Å². The summed E-state index contributed by atoms with van der Waals surface area (Å²) in [5.74, 6) is 0. The fraction of sp³-hybridized carbons (Fsp3) is 0.714. The maximum atomic E-state index is 8.57. The Hall–Kier alpha value is 0.348. The first kappa shape index (κ1) is 20.3. The Bertz CT molecular complexity index is 365. The number of hydrogen-bond donors (Lipinski definition) is 2. The molecular weight excluding hydrogens is 428 g/mol. The van der Waals surface area contributed by atoms with Crippen LogP contribution in [0.1, 0.15) is 19.3 Å². The zero-order chi connectivity index (χ0) is 15.5. The van der Waals surface area contributed by atoms with E-state index in [1.165, 1.54) is 10.8 Å². The summed E-state index contributed by atoms with van der Waals surface area (Å²) in [5.41, 5.74) is 1.52. The monoisotopic (exact) mass is 442 g/mol. The van der Waals surface area contributed by atoms with E-state index < -0.39 is 18.5 Å². The Morgan fingerprint density at radius 3 is 2.05 bits per heavy atom. The molecule has 1 rings (SSSR count). The summed E-state index contributed by atoms with van der Waals surface area (Å²) in [4.78, 5) is 4.70. The number of hydroxylamine groups is 1. The van der Waals surface area contributed by atoms with Crippen molar-refractivity contribution < 1.29 is 35.4 Å². The van der Waals surface area contributed by atoms with Gasteiger partial charge in [0.2, 0.25) is 0 Å². The number of nitrogens with one attached hydrogen (secondary N) is 1. The Balaban J connectivity index is 0.00000110. The van der Waals surface area contributed by atoms with Crippen LogP contribution in [-0.4, -0.2) is 42.2 Å². The molecule has 0 unspecified atom stereocenters. The van der Waals surface area contributed by atoms with Crippen LogP contribution in [0.5, 0.6) is 0 Å². The third-order valence-corrected chi connectivity index (χ3v) is 2.86. The van der Waals surface area contributed by atoms with Crippen molar-refractivity contribution in [2.45, 2.75) is 19.3 Å². The molecule has 0 radical (unpaired) electrons. The standard InChI is InChI=1S/C7H14N4O2S4.Mo.2O/c12-8-13-11(7(16)17)10(6(14)15)9-4-2-1-3-5-9;;;/h8,12H,1-5H2,(H,14,15)(H,16,17);;;/q;+2;;/p-2. The van der Waals surface area contributed by atoms with Crippen LogP contribution in [-0.2, 0) is 55.5 Å². The van der Waals surface area contributed by atoms with Gasteiger partial charge >= 0.3 is 25.3 Å². The summed E-state index contributed by atoms with van der Waals surface area (Å²) in [5, 5.41) is 12.8. The molecule has 0 atom stereocenters. The van der Waals surface area contributed by atoms with Crippen LogP contribution in [0, 0.1) is 0 Å². The number of nitrogens with zero attached hydrogens (tertiary/aromatic N) is 3. The second kappa shape index (κ2) is 11.9. The molecule has 0 aromatic heterocycles. The molecule has 0 aromatic carbocycles. The van der Waals surface area contributed by atoms with Gasteiger partial charge in [-0.3, -0.25) is 5.21 Å². The Morgan fingerprint density at radius 2 is 1.70 bits per heavy atom. The SMILES string of the molecule is ONON(C(=S)[S-])N(C(=S)[S-])N1CCCCC1.[O]=[Mo+2]=[O]. The van der Waals surface area contributed by atoms with Gasteiger partial charge in [0.05, 0.1) is 0 Å². The zero-order valence-corrected chi connectivity index (χ0v) is 15.4. The summed E-state index contributed by atoms with van der Waals surface area (Å²) >= 11 is 17.6. The molecule has 1 aliphatic rings. The topological polar surface area (TPSA) is 85.3 Å². The van der Waals surface area contributed by atoms with Gasteiger partial charge in [0.15, 0.2) is 0 Å². The third-order valence-electron chi connectivity index (χ3n) is 2.22. The quantitative estimate of drug-likeness (QED) is 0.271. The van der Waals surface area contributed by atoms with E-state index in [1.807, 2.05) is 5.01 Å². The molecule has 0 bridgehead atoms. The van der Waals surface area contributed by atoms with E-state index in [-0.39, 0.29) is 8.64 Å². The fourth-order valence-corrected chi connectivity index (χ4v) is 2.17. The Kier molecular flexibility index (Phi) is 12.2. The molecule has 0 aromatic rings. The van der Waals surface area contributed by atoms with Crippen LogP contribution in [0.3, 0.4) is 0 Å². The Morgan fingerprint density at radius 1 is 1.20 bits per heavy atom. The van der Waals surface area contributed by atoms with E-state index in [1.54, 1.807) is 0 Å². The first-order valence-corrected chi connectivity index (χ1v) is 8.51. The first-order chi connectivity index (χ1) is 9.49. The van der Waals surface area contributed by atoms with Gasteiger partial charge in [0.25, 0.3) is 0 Å². The van der Waals surface area contributed by atoms with E-state index in [9.17, 15) is 0 Å². The summed E-state index contributed by atoms with van der Waals surface area (Å²) in [7, 11) is 0. The average molecular weight is 440 g/mol. The van der Waals surface area contributed by atoms with Gasteiger partial charge in [-0.2, -0.15) is 0 Å². The van der Waals surface area contributed by atoms with Crippen molar-refractivity contribution in [3.63, 3.8) is 0 Å². The molecule has 0 saturated carbocycles. The van der Waals surface area contributed by atoms with Crippen LogP contribution in [0.2, 0.25) is 0 Å². The average Bonchev–Trinajstić information content (AvgIpc) is 2.40. The van der Waals surface area contributed by atoms with Gasteiger partial charge in [-0.15, -0.1) is 10.1 Å². The second-order valence-corrected chi connectivity index (χ2v) is 5.76. The van der Waals surface area contributed by atoms with Gasteiger partial charge < -0.3 is 49.7 Å². The second-order valence-electron chi connectivity index (χ2n) is 3.36. The number of rotatable bonds is 3. The minimum atomic E-state index is -2.03. The number of thiocarbonyl (C=S) groups is 2. The summed E-state index contributed by atoms with van der Waals surface area (Å²) < 4.78 is 17.1. The van der Waals surface area contributed by atoms with E-state index in [0.717, 1.165) is 37.5 Å². The van der Waals surface area contributed by atoms with Gasteiger partial charge in [-0.25, -0.2) is 10.1 Å². The predicted molar refractivity (Wildman–Crippen MR) is 76.4 cm³/mol. The predicted octanol–water partition coefficient (Wildman–Crippen LogP) is 0.155. The molecule has 1 aliphatic heterocycles. The minimum absolute atomic E-state index is 0.0377. The van der Waals surface area contributed by atoms with Crippen LogP contribution in [0.25, 0.3) is 0 Å². The molecular formula is C7H12MoN4O4S4. The van der Waals surface area contributed by atoms with Crippen LogP contribution in [0.4, 0.5) is 0 Å². The molecule has 114 valence electrons. The van der Waals surface area contributed by atoms with Crippen LogP contribution >= 0.6 is 24.4 Å². The molecule has 0 amide bonds. The van der Waals surface area contributed by atoms with Crippen molar-refractivity contribution in [3.8, 4) is 0 Å². The van der Waals surface area contributed by atoms with Crippen LogP contribution < -0.4 is 5.64 Å². The van der Waals surface area contributed by atoms with Gasteiger partial charge in [-0.1, -0.05) is 12.1 Å². The van der Waals surface area contributed by atoms with Crippen molar-refractivity contribution >= 4 is 58.3 Å². The molecule has 13 heteroatoms. The van der Waals surface area contributed by atoms with Crippen molar-refractivity contribution in [3.05, 3.63) is 0 Å². The number of piperidine rings is 1. The van der Waals surface area contributed by atoms with E-state index >= 15 is 0 Å². The molecule has 0 aliphatic carbocycles. The normalized spacial score (nSPS) is 14.4. The summed E-state index contributed by atoms with van der Waals surface area (Å²) in [6, 6.07) is 0. The molecule has 2 N–H and O–H groups in total. The summed E-state index contributed by atoms with van der Waals surface area (Å²) in [6.07, 6.45) is 3.21. The molecule has 0 spiro atoms. The zero-order valence-electron chi connectivity index (χ0n) is 10.1. The summed E-state index contributed by atoms with van der Waals surface area (Å²) in [6.45, 7) is 1.56. The molecule has 1 saturated heterocycles. The van der Waals surface area contributed by atoms with Gasteiger partial charge in [0, 0.05) is 13.1 Å². The third kappa shape index (κ3) is 7.38. The molecule has 1 heterocycles. The van der Waals surface area contributed by atoms with E-state index in [0.29, 0.717) is 0 Å². The fourth-order valence-electron chi connectivity index (χ4n) is 1.56. The van der Waals surface area contributed by atoms with Crippen molar-refractivity contribution in [1.82, 2.24) is 20.9 Å². The van der Waals surface area contributed by atoms with Gasteiger partial charge in [-0.05, 0) is 21.5 Å². The molecule has 1 fully saturated rings. The number of hydrogen-bond acceptors (Lipinski definition) is 10. The Labute approximate surface area is 146 Å². The molecule has 20 heavy (non-hydrogen) atoms. The van der Waals surface area contributed by atoms with E-state index in [2.05, 4.69) is 0 Å². The maximum absolute atomic E-state index is 8.57. The first-order valence-electron chi connectivity index (χ1n) is 5.24. The van der Waals surface area contributed by atoms with E-state index in [4.69, 9.17) is 66.6 Å². The van der Waals surface area contributed by atoms with Crippen molar-refractivity contribution in [2.75, 3.05) is 13.1 Å². The van der Waals surface area contributed by atoms with Crippen molar-refractivity contribution in [2.24, 2.45) is 0 Å². The van der Waals surface area contributed by atoms with Crippen LogP contribution in [0.15, 0.2) is 0 Å². The molecule has 8 nitrogen and oxygen atoms in total. The van der Waals surface area contributed by atoms with Crippen molar-refractivity contribution in [1.29, 1.82) is 0 Å².